The lowest BCUT2D eigenvalue weighted by Crippen LogP contribution is -2.28. The van der Waals surface area contributed by atoms with Gasteiger partial charge in [-0.3, -0.25) is 0 Å². The van der Waals surface area contributed by atoms with E-state index in [1.807, 2.05) is 0 Å². The van der Waals surface area contributed by atoms with Gasteiger partial charge in [0.15, 0.2) is 0 Å². The Bertz CT molecular complexity index is 257. The number of hydrogen-bond donors (Lipinski definition) is 0. The van der Waals surface area contributed by atoms with Gasteiger partial charge in [-0.2, -0.15) is 0 Å². The van der Waals surface area contributed by atoms with E-state index in [0.29, 0.717) is 0 Å². The van der Waals surface area contributed by atoms with Crippen LogP contribution in [-0.4, -0.2) is 27.4 Å². The topological polar surface area (TPSA) is 18.5 Å². The second-order valence-electron chi connectivity index (χ2n) is 8.31. The second-order valence-corrected chi connectivity index (χ2v) is 11.0. The molecule has 0 spiro atoms. The molecule has 0 aromatic carbocycles. The molecule has 3 heteroatoms. The Hall–Kier alpha value is 0.452. The van der Waals surface area contributed by atoms with Crippen LogP contribution in [0.2, 0.25) is 10.6 Å². The predicted molar refractivity (Wildman–Crippen MR) is 123 cm³/mol. The van der Waals surface area contributed by atoms with Crippen molar-refractivity contribution in [2.24, 2.45) is 0 Å². The maximum absolute atomic E-state index is 6.61. The third-order valence-electron chi connectivity index (χ3n) is 5.43. The Kier molecular flexibility index (Phi) is 23.1. The molecule has 0 N–H and O–H groups in total. The summed E-state index contributed by atoms with van der Waals surface area (Å²) in [5.41, 5.74) is 0. The summed E-state index contributed by atoms with van der Waals surface area (Å²) < 4.78 is 12.7. The molecule has 0 radical (unpaired) electrons. The number of hydrogen-bond acceptors (Lipinski definition) is 2. The molecule has 0 aliphatic heterocycles. The molecule has 162 valence electrons. The molecule has 1 unspecified atom stereocenters. The zero-order chi connectivity index (χ0) is 20.0. The molecule has 0 saturated carbocycles. The highest BCUT2D eigenvalue weighted by Gasteiger charge is 2.24. The van der Waals surface area contributed by atoms with Crippen LogP contribution in [0.25, 0.3) is 0 Å². The Morgan fingerprint density at radius 3 is 1.52 bits per heavy atom. The maximum atomic E-state index is 6.61. The van der Waals surface area contributed by atoms with Crippen molar-refractivity contribution in [3.05, 3.63) is 0 Å². The molecule has 0 fully saturated rings. The summed E-state index contributed by atoms with van der Waals surface area (Å²) in [4.78, 5) is 0. The van der Waals surface area contributed by atoms with Crippen molar-refractivity contribution in [3.63, 3.8) is 0 Å². The van der Waals surface area contributed by atoms with Crippen LogP contribution >= 0.6 is 0 Å². The lowest BCUT2D eigenvalue weighted by molar-refractivity contribution is -0.0886. The average molecular weight is 399 g/mol. The summed E-state index contributed by atoms with van der Waals surface area (Å²) >= 11 is -1.12. The predicted octanol–water partition coefficient (Wildman–Crippen LogP) is 8.66. The summed E-state index contributed by atoms with van der Waals surface area (Å²) in [6.07, 6.45) is 21.4. The monoisotopic (exact) mass is 398 g/mol. The minimum absolute atomic E-state index is 0.0819. The standard InChI is InChI=1S/C8H17O2.2C8H17.Al/c1-3-5-7-10-8(9)6-4-2;2*1-3-5-7-8-6-4-2;/h8H,3-7H2,1-2H3;2*1,3-8H2,2H3;/q-1;;;+1. The Balaban J connectivity index is 4.23. The third kappa shape index (κ3) is 19.5. The lowest BCUT2D eigenvalue weighted by atomic mass is 10.1. The first-order valence-corrected chi connectivity index (χ1v) is 14.7. The quantitative estimate of drug-likeness (QED) is 0.103. The van der Waals surface area contributed by atoms with E-state index in [4.69, 9.17) is 8.53 Å². The molecule has 0 aliphatic carbocycles. The Morgan fingerprint density at radius 2 is 1.04 bits per heavy atom. The van der Waals surface area contributed by atoms with Crippen molar-refractivity contribution < 1.29 is 8.53 Å². The molecule has 2 nitrogen and oxygen atoms in total. The fourth-order valence-electron chi connectivity index (χ4n) is 3.59. The summed E-state index contributed by atoms with van der Waals surface area (Å²) in [7, 11) is 0. The number of unbranched alkanes of at least 4 members (excludes halogenated alkanes) is 11. The smallest absolute Gasteiger partial charge is 0.462 e. The molecule has 0 rings (SSSR count). The highest BCUT2D eigenvalue weighted by atomic mass is 27.2. The van der Waals surface area contributed by atoms with Crippen LogP contribution in [0.4, 0.5) is 0 Å². The minimum Gasteiger partial charge on any atom is -0.478 e. The van der Waals surface area contributed by atoms with Gasteiger partial charge in [0.2, 0.25) is 0 Å². The van der Waals surface area contributed by atoms with Gasteiger partial charge >= 0.3 is 14.5 Å². The van der Waals surface area contributed by atoms with E-state index in [1.165, 1.54) is 94.0 Å². The van der Waals surface area contributed by atoms with E-state index < -0.39 is 14.5 Å². The zero-order valence-corrected chi connectivity index (χ0v) is 20.6. The molecular formula is C24H51AlO2. The first kappa shape index (κ1) is 27.5. The third-order valence-corrected chi connectivity index (χ3v) is 8.22. The molecule has 0 aromatic heterocycles. The Morgan fingerprint density at radius 1 is 0.556 bits per heavy atom. The molecule has 0 aliphatic rings. The van der Waals surface area contributed by atoms with Crippen molar-refractivity contribution in [2.45, 2.75) is 147 Å². The van der Waals surface area contributed by atoms with Crippen molar-refractivity contribution in [1.29, 1.82) is 0 Å². The van der Waals surface area contributed by atoms with Crippen LogP contribution in [0.3, 0.4) is 0 Å². The molecule has 27 heavy (non-hydrogen) atoms. The zero-order valence-electron chi connectivity index (χ0n) is 19.4. The highest BCUT2D eigenvalue weighted by Crippen LogP contribution is 2.19. The van der Waals surface area contributed by atoms with Gasteiger partial charge in [-0.25, -0.2) is 0 Å². The van der Waals surface area contributed by atoms with Crippen LogP contribution in [0.1, 0.15) is 130 Å². The van der Waals surface area contributed by atoms with Crippen molar-refractivity contribution in [1.82, 2.24) is 0 Å². The van der Waals surface area contributed by atoms with Gasteiger partial charge in [-0.1, -0.05) is 128 Å². The molecule has 0 saturated heterocycles. The highest BCUT2D eigenvalue weighted by molar-refractivity contribution is 6.51. The van der Waals surface area contributed by atoms with E-state index in [9.17, 15) is 0 Å². The van der Waals surface area contributed by atoms with Crippen molar-refractivity contribution in [3.8, 4) is 0 Å². The van der Waals surface area contributed by atoms with Crippen LogP contribution in [-0.2, 0) is 8.53 Å². The van der Waals surface area contributed by atoms with Gasteiger partial charge in [-0.15, -0.1) is 0 Å². The molecule has 0 aromatic rings. The van der Waals surface area contributed by atoms with E-state index >= 15 is 0 Å². The van der Waals surface area contributed by atoms with Gasteiger partial charge in [0, 0.05) is 6.61 Å². The van der Waals surface area contributed by atoms with Gasteiger partial charge in [0.05, 0.1) is 0 Å². The first-order valence-electron chi connectivity index (χ1n) is 12.5. The summed E-state index contributed by atoms with van der Waals surface area (Å²) in [6.45, 7) is 9.94. The van der Waals surface area contributed by atoms with Gasteiger partial charge in [0.25, 0.3) is 0 Å². The van der Waals surface area contributed by atoms with E-state index in [-0.39, 0.29) is 6.29 Å². The first-order chi connectivity index (χ1) is 13.3. The normalized spacial score (nSPS) is 12.4. The van der Waals surface area contributed by atoms with E-state index in [2.05, 4.69) is 27.7 Å². The largest absolute Gasteiger partial charge is 0.478 e. The van der Waals surface area contributed by atoms with Crippen LogP contribution in [0, 0.1) is 0 Å². The minimum atomic E-state index is -1.12. The average Bonchev–Trinajstić information content (AvgIpc) is 2.67. The fourth-order valence-corrected chi connectivity index (χ4v) is 6.28. The summed E-state index contributed by atoms with van der Waals surface area (Å²) in [5.74, 6) is 0. The van der Waals surface area contributed by atoms with Gasteiger partial charge in [0.1, 0.15) is 6.29 Å². The molecule has 0 heterocycles. The molecular weight excluding hydrogens is 347 g/mol. The van der Waals surface area contributed by atoms with Crippen LogP contribution < -0.4 is 0 Å². The van der Waals surface area contributed by atoms with Gasteiger partial charge in [-0.05, 0) is 12.8 Å². The van der Waals surface area contributed by atoms with Crippen molar-refractivity contribution in [2.75, 3.05) is 6.61 Å². The molecule has 0 bridgehead atoms. The van der Waals surface area contributed by atoms with E-state index in [0.717, 1.165) is 25.9 Å². The van der Waals surface area contributed by atoms with E-state index in [1.54, 1.807) is 0 Å². The van der Waals surface area contributed by atoms with Crippen molar-refractivity contribution >= 4 is 14.5 Å². The summed E-state index contributed by atoms with van der Waals surface area (Å²) in [5, 5.41) is 2.72. The lowest BCUT2D eigenvalue weighted by Gasteiger charge is -2.23. The second kappa shape index (κ2) is 22.7. The number of rotatable bonds is 22. The number of ether oxygens (including phenoxy) is 1. The fraction of sp³-hybridized carbons (Fsp3) is 1.00. The van der Waals surface area contributed by atoms with Crippen LogP contribution in [0.5, 0.6) is 0 Å². The van der Waals surface area contributed by atoms with Crippen LogP contribution in [0.15, 0.2) is 0 Å². The van der Waals surface area contributed by atoms with Gasteiger partial charge < -0.3 is 8.53 Å². The maximum Gasteiger partial charge on any atom is 0.462 e. The molecule has 0 amide bonds. The Labute approximate surface area is 176 Å². The molecule has 1 atom stereocenters. The summed E-state index contributed by atoms with van der Waals surface area (Å²) in [6, 6.07) is 0. The SMILES string of the molecule is CCCCCCC[CH2][Al]([CH2]CCCCCCC)[O]C(CCC)OCCCC.